The van der Waals surface area contributed by atoms with Crippen LogP contribution < -0.4 is 15.4 Å². The molecule has 8 heteroatoms. The van der Waals surface area contributed by atoms with Gasteiger partial charge in [-0.05, 0) is 31.2 Å². The van der Waals surface area contributed by atoms with Gasteiger partial charge in [-0.3, -0.25) is 5.32 Å². The van der Waals surface area contributed by atoms with Crippen molar-refractivity contribution in [1.82, 2.24) is 15.5 Å². The van der Waals surface area contributed by atoms with Crippen LogP contribution >= 0.6 is 0 Å². The average Bonchev–Trinajstić information content (AvgIpc) is 3.24. The predicted molar refractivity (Wildman–Crippen MR) is 90.5 cm³/mol. The van der Waals surface area contributed by atoms with Gasteiger partial charge >= 0.3 is 6.03 Å². The third kappa shape index (κ3) is 4.37. The third-order valence-corrected chi connectivity index (χ3v) is 3.42. The minimum Gasteiger partial charge on any atom is -0.497 e. The number of hydrogen-bond donors (Lipinski definition) is 2. The Kier molecular flexibility index (Phi) is 4.98. The number of ether oxygens (including phenoxy) is 1. The van der Waals surface area contributed by atoms with E-state index >= 15 is 0 Å². The summed E-state index contributed by atoms with van der Waals surface area (Å²) < 4.78 is 15.5. The highest BCUT2D eigenvalue weighted by Gasteiger charge is 2.09. The van der Waals surface area contributed by atoms with Crippen molar-refractivity contribution in [2.45, 2.75) is 13.3 Å². The number of amides is 2. The van der Waals surface area contributed by atoms with Crippen molar-refractivity contribution >= 4 is 11.8 Å². The minimum atomic E-state index is -0.354. The molecule has 0 unspecified atom stereocenters. The number of rotatable bonds is 6. The first-order valence-electron chi connectivity index (χ1n) is 7.71. The first-order valence-corrected chi connectivity index (χ1v) is 7.71. The molecule has 0 saturated carbocycles. The van der Waals surface area contributed by atoms with Crippen molar-refractivity contribution in [2.24, 2.45) is 0 Å². The van der Waals surface area contributed by atoms with Gasteiger partial charge in [-0.2, -0.15) is 0 Å². The lowest BCUT2D eigenvalue weighted by Crippen LogP contribution is -2.30. The van der Waals surface area contributed by atoms with Gasteiger partial charge in [0, 0.05) is 24.6 Å². The number of carbonyl (C=O) groups is 1. The van der Waals surface area contributed by atoms with E-state index in [-0.39, 0.29) is 6.03 Å². The highest BCUT2D eigenvalue weighted by atomic mass is 16.5. The van der Waals surface area contributed by atoms with Crippen LogP contribution in [0.1, 0.15) is 11.5 Å². The smallest absolute Gasteiger partial charge is 0.320 e. The van der Waals surface area contributed by atoms with Gasteiger partial charge in [-0.25, -0.2) is 9.78 Å². The molecule has 0 saturated heterocycles. The van der Waals surface area contributed by atoms with Crippen LogP contribution in [0.25, 0.3) is 11.5 Å². The van der Waals surface area contributed by atoms with Gasteiger partial charge in [0.15, 0.2) is 5.82 Å². The number of oxazole rings is 1. The number of aromatic nitrogens is 2. The van der Waals surface area contributed by atoms with E-state index in [9.17, 15) is 4.79 Å². The minimum absolute atomic E-state index is 0.354. The molecule has 0 aliphatic carbocycles. The molecule has 8 nitrogen and oxygen atoms in total. The summed E-state index contributed by atoms with van der Waals surface area (Å²) in [7, 11) is 1.62. The summed E-state index contributed by atoms with van der Waals surface area (Å²) in [4.78, 5) is 16.2. The largest absolute Gasteiger partial charge is 0.497 e. The molecule has 2 aromatic heterocycles. The Labute approximate surface area is 144 Å². The molecular weight excluding hydrogens is 324 g/mol. The SMILES string of the molecule is COc1ccc(-c2nc(CCNC(=O)Nc3cc(C)on3)co2)cc1. The Morgan fingerprint density at radius 1 is 1.28 bits per heavy atom. The Bertz CT molecular complexity index is 838. The second-order valence-electron chi connectivity index (χ2n) is 5.33. The van der Waals surface area contributed by atoms with E-state index < -0.39 is 0 Å². The van der Waals surface area contributed by atoms with Gasteiger partial charge in [-0.15, -0.1) is 0 Å². The van der Waals surface area contributed by atoms with Gasteiger partial charge in [0.05, 0.1) is 12.8 Å². The number of aryl methyl sites for hydroxylation is 1. The lowest BCUT2D eigenvalue weighted by molar-refractivity contribution is 0.252. The topological polar surface area (TPSA) is 102 Å². The number of methoxy groups -OCH3 is 1. The van der Waals surface area contributed by atoms with E-state index in [1.165, 1.54) is 0 Å². The van der Waals surface area contributed by atoms with Crippen LogP contribution in [0, 0.1) is 6.92 Å². The van der Waals surface area contributed by atoms with Crippen LogP contribution in [-0.2, 0) is 6.42 Å². The molecule has 0 spiro atoms. The van der Waals surface area contributed by atoms with Gasteiger partial charge in [0.2, 0.25) is 5.89 Å². The van der Waals surface area contributed by atoms with E-state index in [1.54, 1.807) is 26.4 Å². The molecule has 3 rings (SSSR count). The van der Waals surface area contributed by atoms with E-state index in [0.29, 0.717) is 30.4 Å². The standard InChI is InChI=1S/C17H18N4O4/c1-11-9-15(21-25-11)20-17(22)18-8-7-13-10-24-16(19-13)12-3-5-14(23-2)6-4-12/h3-6,9-10H,7-8H2,1-2H3,(H2,18,20,21,22). The highest BCUT2D eigenvalue weighted by Crippen LogP contribution is 2.21. The number of urea groups is 1. The Hall–Kier alpha value is -3.29. The summed E-state index contributed by atoms with van der Waals surface area (Å²) in [5, 5.41) is 8.99. The second kappa shape index (κ2) is 7.52. The second-order valence-corrected chi connectivity index (χ2v) is 5.33. The maximum absolute atomic E-state index is 11.7. The summed E-state index contributed by atoms with van der Waals surface area (Å²) in [5.41, 5.74) is 1.61. The zero-order valence-electron chi connectivity index (χ0n) is 13.9. The molecule has 0 aliphatic rings. The zero-order chi connectivity index (χ0) is 17.6. The maximum atomic E-state index is 11.7. The van der Waals surface area contributed by atoms with Crippen molar-refractivity contribution in [1.29, 1.82) is 0 Å². The quantitative estimate of drug-likeness (QED) is 0.714. The molecular formula is C17H18N4O4. The van der Waals surface area contributed by atoms with Crippen molar-refractivity contribution in [3.63, 3.8) is 0 Å². The van der Waals surface area contributed by atoms with Gasteiger partial charge in [-0.1, -0.05) is 5.16 Å². The molecule has 0 radical (unpaired) electrons. The van der Waals surface area contributed by atoms with Crippen LogP contribution in [0.4, 0.5) is 10.6 Å². The van der Waals surface area contributed by atoms with E-state index in [1.807, 2.05) is 24.3 Å². The number of nitrogens with zero attached hydrogens (tertiary/aromatic N) is 2. The molecule has 2 N–H and O–H groups in total. The van der Waals surface area contributed by atoms with Crippen LogP contribution in [0.3, 0.4) is 0 Å². The summed E-state index contributed by atoms with van der Waals surface area (Å²) in [5.74, 6) is 2.30. The lowest BCUT2D eigenvalue weighted by atomic mass is 10.2. The number of hydrogen-bond acceptors (Lipinski definition) is 6. The summed E-state index contributed by atoms with van der Waals surface area (Å²) in [6, 6.07) is 8.72. The number of carbonyl (C=O) groups excluding carboxylic acids is 1. The summed E-state index contributed by atoms with van der Waals surface area (Å²) in [6.07, 6.45) is 2.13. The van der Waals surface area contributed by atoms with Gasteiger partial charge in [0.1, 0.15) is 17.8 Å². The fraction of sp³-hybridized carbons (Fsp3) is 0.235. The van der Waals surface area contributed by atoms with Crippen molar-refractivity contribution in [2.75, 3.05) is 19.0 Å². The van der Waals surface area contributed by atoms with Crippen LogP contribution in [0.2, 0.25) is 0 Å². The normalized spacial score (nSPS) is 10.5. The monoisotopic (exact) mass is 342 g/mol. The lowest BCUT2D eigenvalue weighted by Gasteiger charge is -2.03. The van der Waals surface area contributed by atoms with Gasteiger partial charge in [0.25, 0.3) is 0 Å². The maximum Gasteiger partial charge on any atom is 0.320 e. The number of benzene rings is 1. The van der Waals surface area contributed by atoms with Crippen molar-refractivity contribution in [3.8, 4) is 17.2 Å². The molecule has 1 aromatic carbocycles. The van der Waals surface area contributed by atoms with E-state index in [2.05, 4.69) is 20.8 Å². The molecule has 2 amide bonds. The molecule has 25 heavy (non-hydrogen) atoms. The Balaban J connectivity index is 1.48. The first kappa shape index (κ1) is 16.6. The van der Waals surface area contributed by atoms with Gasteiger partial charge < -0.3 is 19.0 Å². The predicted octanol–water partition coefficient (Wildman–Crippen LogP) is 3.01. The highest BCUT2D eigenvalue weighted by molar-refractivity contribution is 5.88. The number of anilines is 1. The first-order chi connectivity index (χ1) is 12.1. The van der Waals surface area contributed by atoms with Crippen LogP contribution in [0.5, 0.6) is 5.75 Å². The third-order valence-electron chi connectivity index (χ3n) is 3.42. The van der Waals surface area contributed by atoms with E-state index in [4.69, 9.17) is 13.7 Å². The van der Waals surface area contributed by atoms with E-state index in [0.717, 1.165) is 17.0 Å². The molecule has 0 fully saturated rings. The molecule has 0 aliphatic heterocycles. The Morgan fingerprint density at radius 2 is 2.08 bits per heavy atom. The molecule has 2 heterocycles. The van der Waals surface area contributed by atoms with Crippen LogP contribution in [-0.4, -0.2) is 29.8 Å². The van der Waals surface area contributed by atoms with Crippen molar-refractivity contribution in [3.05, 3.63) is 48.0 Å². The number of nitrogens with one attached hydrogen (secondary N) is 2. The van der Waals surface area contributed by atoms with Crippen molar-refractivity contribution < 1.29 is 18.5 Å². The Morgan fingerprint density at radius 3 is 2.76 bits per heavy atom. The molecule has 0 bridgehead atoms. The fourth-order valence-corrected chi connectivity index (χ4v) is 2.18. The van der Waals surface area contributed by atoms with Crippen LogP contribution in [0.15, 0.2) is 45.5 Å². The fourth-order valence-electron chi connectivity index (χ4n) is 2.18. The average molecular weight is 342 g/mol. The molecule has 0 atom stereocenters. The molecule has 130 valence electrons. The molecule has 3 aromatic rings. The summed E-state index contributed by atoms with van der Waals surface area (Å²) in [6.45, 7) is 2.16. The zero-order valence-corrected chi connectivity index (χ0v) is 13.9. The summed E-state index contributed by atoms with van der Waals surface area (Å²) >= 11 is 0.